The number of rotatable bonds is 5. The van der Waals surface area contributed by atoms with Gasteiger partial charge in [0, 0.05) is 0 Å². The highest BCUT2D eigenvalue weighted by atomic mass is 32.1. The molecule has 4 aliphatic carbocycles. The Morgan fingerprint density at radius 3 is 2.05 bits per heavy atom. The summed E-state index contributed by atoms with van der Waals surface area (Å²) in [7, 11) is 0. The Balaban J connectivity index is 1.66. The topological polar surface area (TPSA) is 0 Å². The van der Waals surface area contributed by atoms with Crippen LogP contribution in [0.1, 0.15) is 62.8 Å². The average molecular weight is 301 g/mol. The molecule has 0 N–H and O–H groups in total. The smallest absolute Gasteiger partial charge is 0.00977 e. The van der Waals surface area contributed by atoms with Gasteiger partial charge in [-0.2, -0.15) is 12.6 Å². The molecule has 0 spiro atoms. The van der Waals surface area contributed by atoms with Gasteiger partial charge in [-0.1, -0.05) is 30.3 Å². The summed E-state index contributed by atoms with van der Waals surface area (Å²) in [4.78, 5) is 0. The first-order chi connectivity index (χ1) is 10.3. The predicted molar refractivity (Wildman–Crippen MR) is 92.9 cm³/mol. The summed E-state index contributed by atoms with van der Waals surface area (Å²) < 4.78 is 0. The summed E-state index contributed by atoms with van der Waals surface area (Å²) in [6.07, 6.45) is 11.8. The molecular formula is C20H28S. The fourth-order valence-corrected chi connectivity index (χ4v) is 6.59. The van der Waals surface area contributed by atoms with Crippen LogP contribution in [0.3, 0.4) is 0 Å². The van der Waals surface area contributed by atoms with Crippen molar-refractivity contribution in [2.75, 3.05) is 5.75 Å². The third-order valence-corrected chi connectivity index (χ3v) is 6.99. The molecule has 0 radical (unpaired) electrons. The molecule has 1 heteroatoms. The van der Waals surface area contributed by atoms with Gasteiger partial charge in [-0.3, -0.25) is 0 Å². The number of hydrogen-bond donors (Lipinski definition) is 1. The van der Waals surface area contributed by atoms with Gasteiger partial charge < -0.3 is 0 Å². The van der Waals surface area contributed by atoms with Crippen LogP contribution in [0.5, 0.6) is 0 Å². The van der Waals surface area contributed by atoms with Crippen molar-refractivity contribution < 1.29 is 0 Å². The van der Waals surface area contributed by atoms with Crippen LogP contribution < -0.4 is 0 Å². The minimum Gasteiger partial charge on any atom is -0.179 e. The van der Waals surface area contributed by atoms with Crippen molar-refractivity contribution in [1.29, 1.82) is 0 Å². The molecule has 4 aliphatic rings. The summed E-state index contributed by atoms with van der Waals surface area (Å²) in [6.45, 7) is 0. The first-order valence-electron chi connectivity index (χ1n) is 8.95. The molecule has 0 aromatic heterocycles. The summed E-state index contributed by atoms with van der Waals surface area (Å²) in [5.74, 6) is 4.99. The molecule has 0 nitrogen and oxygen atoms in total. The Bertz CT molecular complexity index is 443. The lowest BCUT2D eigenvalue weighted by atomic mass is 9.45. The van der Waals surface area contributed by atoms with Gasteiger partial charge >= 0.3 is 0 Å². The molecule has 4 fully saturated rings. The van der Waals surface area contributed by atoms with Crippen LogP contribution in [0, 0.1) is 23.2 Å². The molecule has 0 aliphatic heterocycles. The monoisotopic (exact) mass is 300 g/mol. The summed E-state index contributed by atoms with van der Waals surface area (Å²) in [6, 6.07) is 11.4. The van der Waals surface area contributed by atoms with Crippen LogP contribution in [0.15, 0.2) is 30.3 Å². The molecule has 0 amide bonds. The third kappa shape index (κ3) is 2.56. The van der Waals surface area contributed by atoms with Crippen LogP contribution in [0.4, 0.5) is 0 Å². The fraction of sp³-hybridized carbons (Fsp3) is 0.700. The zero-order valence-corrected chi connectivity index (χ0v) is 13.9. The van der Waals surface area contributed by atoms with Gasteiger partial charge in [-0.05, 0) is 91.8 Å². The lowest BCUT2D eigenvalue weighted by Gasteiger charge is -2.60. The second-order valence-electron chi connectivity index (χ2n) is 8.11. The van der Waals surface area contributed by atoms with Gasteiger partial charge in [0.1, 0.15) is 0 Å². The van der Waals surface area contributed by atoms with Crippen molar-refractivity contribution in [3.05, 3.63) is 35.9 Å². The highest BCUT2D eigenvalue weighted by Gasteiger charge is 2.53. The summed E-state index contributed by atoms with van der Waals surface area (Å²) in [5, 5.41) is 0. The molecule has 0 saturated heterocycles. The maximum Gasteiger partial charge on any atom is -0.00977 e. The van der Waals surface area contributed by atoms with Crippen LogP contribution in [-0.4, -0.2) is 5.75 Å². The van der Waals surface area contributed by atoms with E-state index in [1.54, 1.807) is 24.8 Å². The molecule has 5 rings (SSSR count). The van der Waals surface area contributed by atoms with Gasteiger partial charge in [-0.15, -0.1) is 0 Å². The minimum atomic E-state index is 0.638. The van der Waals surface area contributed by atoms with Crippen molar-refractivity contribution >= 4 is 12.6 Å². The van der Waals surface area contributed by atoms with Gasteiger partial charge in [0.2, 0.25) is 0 Å². The van der Waals surface area contributed by atoms with E-state index in [1.165, 1.54) is 32.1 Å². The Hall–Kier alpha value is -0.430. The number of thiol groups is 1. The third-order valence-electron chi connectivity index (χ3n) is 6.68. The maximum absolute atomic E-state index is 4.49. The molecule has 4 saturated carbocycles. The van der Waals surface area contributed by atoms with Crippen LogP contribution in [0.2, 0.25) is 0 Å². The number of benzene rings is 1. The largest absolute Gasteiger partial charge is 0.179 e. The van der Waals surface area contributed by atoms with Gasteiger partial charge in [-0.25, -0.2) is 0 Å². The van der Waals surface area contributed by atoms with E-state index in [2.05, 4.69) is 43.0 Å². The van der Waals surface area contributed by atoms with E-state index in [9.17, 15) is 0 Å². The molecule has 1 unspecified atom stereocenters. The molecule has 21 heavy (non-hydrogen) atoms. The van der Waals surface area contributed by atoms with Crippen molar-refractivity contribution in [2.24, 2.45) is 23.2 Å². The predicted octanol–water partition coefficient (Wildman–Crippen LogP) is 5.70. The van der Waals surface area contributed by atoms with E-state index >= 15 is 0 Å². The molecule has 4 bridgehead atoms. The normalized spacial score (nSPS) is 38.6. The molecule has 0 heterocycles. The van der Waals surface area contributed by atoms with Gasteiger partial charge in [0.05, 0.1) is 0 Å². The maximum atomic E-state index is 4.49. The molecule has 1 atom stereocenters. The minimum absolute atomic E-state index is 0.638. The lowest BCUT2D eigenvalue weighted by molar-refractivity contribution is -0.0701. The Kier molecular flexibility index (Phi) is 3.81. The quantitative estimate of drug-likeness (QED) is 0.663. The lowest BCUT2D eigenvalue weighted by Crippen LogP contribution is -2.48. The fourth-order valence-electron chi connectivity index (χ4n) is 6.41. The molecule has 1 aromatic rings. The molecular weight excluding hydrogens is 272 g/mol. The van der Waals surface area contributed by atoms with E-state index in [0.29, 0.717) is 5.41 Å². The van der Waals surface area contributed by atoms with Crippen molar-refractivity contribution in [1.82, 2.24) is 0 Å². The van der Waals surface area contributed by atoms with Crippen LogP contribution in [0.25, 0.3) is 0 Å². The highest BCUT2D eigenvalue weighted by Crippen LogP contribution is 2.65. The summed E-state index contributed by atoms with van der Waals surface area (Å²) in [5.41, 5.74) is 2.25. The van der Waals surface area contributed by atoms with Crippen molar-refractivity contribution in [2.45, 2.75) is 57.3 Å². The number of hydrogen-bond acceptors (Lipinski definition) is 1. The first kappa shape index (κ1) is 14.2. The summed E-state index contributed by atoms with van der Waals surface area (Å²) >= 11 is 4.49. The second kappa shape index (κ2) is 5.65. The van der Waals surface area contributed by atoms with Gasteiger partial charge in [0.15, 0.2) is 0 Å². The Morgan fingerprint density at radius 2 is 1.52 bits per heavy atom. The highest BCUT2D eigenvalue weighted by molar-refractivity contribution is 7.80. The van der Waals surface area contributed by atoms with E-state index in [-0.39, 0.29) is 0 Å². The zero-order valence-electron chi connectivity index (χ0n) is 13.0. The zero-order chi connectivity index (χ0) is 14.3. The van der Waals surface area contributed by atoms with E-state index in [0.717, 1.165) is 29.4 Å². The molecule has 114 valence electrons. The van der Waals surface area contributed by atoms with E-state index in [1.807, 2.05) is 0 Å². The standard InChI is InChI=1S/C20H28S/c21-8-4-7-19(18-5-2-1-3-6-18)20-12-15-9-16(13-20)11-17(10-15)14-20/h1-3,5-6,15-17,19,21H,4,7-14H2. The first-order valence-corrected chi connectivity index (χ1v) is 9.58. The van der Waals surface area contributed by atoms with Crippen LogP contribution >= 0.6 is 12.6 Å². The van der Waals surface area contributed by atoms with E-state index < -0.39 is 0 Å². The van der Waals surface area contributed by atoms with Crippen molar-refractivity contribution in [3.8, 4) is 0 Å². The van der Waals surface area contributed by atoms with Crippen LogP contribution in [-0.2, 0) is 0 Å². The van der Waals surface area contributed by atoms with Gasteiger partial charge in [0.25, 0.3) is 0 Å². The average Bonchev–Trinajstić information content (AvgIpc) is 2.47. The Labute approximate surface area is 135 Å². The molecule has 1 aromatic carbocycles. The van der Waals surface area contributed by atoms with Crippen molar-refractivity contribution in [3.63, 3.8) is 0 Å². The second-order valence-corrected chi connectivity index (χ2v) is 8.56. The van der Waals surface area contributed by atoms with E-state index in [4.69, 9.17) is 0 Å². The SMILES string of the molecule is SCCCC(c1ccccc1)C12CC3CC(CC(C3)C1)C2. The Morgan fingerprint density at radius 1 is 0.952 bits per heavy atom.